The van der Waals surface area contributed by atoms with E-state index in [1.165, 1.54) is 0 Å². The molecule has 0 unspecified atom stereocenters. The molecule has 0 amide bonds. The van der Waals surface area contributed by atoms with Crippen LogP contribution in [0.2, 0.25) is 0 Å². The van der Waals surface area contributed by atoms with Gasteiger partial charge in [-0.2, -0.15) is 0 Å². The van der Waals surface area contributed by atoms with Crippen LogP contribution in [0.5, 0.6) is 5.75 Å². The van der Waals surface area contributed by atoms with Crippen LogP contribution in [-0.2, 0) is 9.47 Å². The number of hydrogen-bond donors (Lipinski definition) is 1. The fraction of sp³-hybridized carbons (Fsp3) is 0.222. The summed E-state index contributed by atoms with van der Waals surface area (Å²) in [6, 6.07) is 0. The molecule has 0 aliphatic carbocycles. The molecule has 0 aliphatic heterocycles. The number of ether oxygens (including phenoxy) is 2. The zero-order valence-electron chi connectivity index (χ0n) is 8.18. The summed E-state index contributed by atoms with van der Waals surface area (Å²) in [6.45, 7) is 0. The van der Waals surface area contributed by atoms with Crippen molar-refractivity contribution in [2.75, 3.05) is 14.2 Å². The number of nitrogens with zero attached hydrogens (tertiary/aromatic N) is 1. The highest BCUT2D eigenvalue weighted by atomic mass is 16.5. The molecule has 1 aromatic heterocycles. The van der Waals surface area contributed by atoms with E-state index >= 15 is 0 Å². The van der Waals surface area contributed by atoms with Gasteiger partial charge in [-0.1, -0.05) is 0 Å². The highest BCUT2D eigenvalue weighted by Crippen LogP contribution is 2.20. The molecular formula is C9H9NO5. The maximum absolute atomic E-state index is 11.3. The Morgan fingerprint density at radius 1 is 1.20 bits per heavy atom. The van der Waals surface area contributed by atoms with Crippen molar-refractivity contribution in [3.63, 3.8) is 0 Å². The van der Waals surface area contributed by atoms with Crippen LogP contribution in [0.4, 0.5) is 0 Å². The van der Waals surface area contributed by atoms with Crippen LogP contribution in [-0.4, -0.2) is 36.2 Å². The number of aromatic hydroxyl groups is 1. The average Bonchev–Trinajstić information content (AvgIpc) is 2.26. The summed E-state index contributed by atoms with van der Waals surface area (Å²) in [5, 5.41) is 9.37. The summed E-state index contributed by atoms with van der Waals surface area (Å²) in [4.78, 5) is 26.1. The SMILES string of the molecule is COC(=O)c1cncc(O)c1C(=O)OC. The van der Waals surface area contributed by atoms with E-state index in [0.29, 0.717) is 0 Å². The second-order valence-electron chi connectivity index (χ2n) is 2.56. The van der Waals surface area contributed by atoms with Gasteiger partial charge in [-0.15, -0.1) is 0 Å². The number of esters is 2. The average molecular weight is 211 g/mol. The van der Waals surface area contributed by atoms with Crippen molar-refractivity contribution in [1.29, 1.82) is 0 Å². The molecule has 1 aromatic rings. The Kier molecular flexibility index (Phi) is 3.22. The number of hydrogen-bond acceptors (Lipinski definition) is 6. The van der Waals surface area contributed by atoms with Gasteiger partial charge < -0.3 is 14.6 Å². The summed E-state index contributed by atoms with van der Waals surface area (Å²) >= 11 is 0. The van der Waals surface area contributed by atoms with Crippen LogP contribution in [0.1, 0.15) is 20.7 Å². The Morgan fingerprint density at radius 3 is 2.33 bits per heavy atom. The Bertz CT molecular complexity index is 401. The van der Waals surface area contributed by atoms with Gasteiger partial charge in [0, 0.05) is 6.20 Å². The quantitative estimate of drug-likeness (QED) is 0.711. The molecule has 1 rings (SSSR count). The zero-order chi connectivity index (χ0) is 11.4. The van der Waals surface area contributed by atoms with E-state index in [4.69, 9.17) is 0 Å². The third-order valence-electron chi connectivity index (χ3n) is 1.72. The first-order valence-electron chi connectivity index (χ1n) is 3.95. The lowest BCUT2D eigenvalue weighted by Gasteiger charge is -2.06. The first-order valence-corrected chi connectivity index (χ1v) is 3.95. The predicted octanol–water partition coefficient (Wildman–Crippen LogP) is 0.360. The van der Waals surface area contributed by atoms with Crippen LogP contribution in [0.15, 0.2) is 12.4 Å². The van der Waals surface area contributed by atoms with Crippen molar-refractivity contribution < 1.29 is 24.2 Å². The third-order valence-corrected chi connectivity index (χ3v) is 1.72. The number of methoxy groups -OCH3 is 2. The summed E-state index contributed by atoms with van der Waals surface area (Å²) in [6.07, 6.45) is 2.16. The van der Waals surface area contributed by atoms with Crippen molar-refractivity contribution in [2.24, 2.45) is 0 Å². The Labute approximate surface area is 85.5 Å². The molecule has 0 saturated heterocycles. The van der Waals surface area contributed by atoms with Crippen LogP contribution in [0.3, 0.4) is 0 Å². The number of aromatic nitrogens is 1. The van der Waals surface area contributed by atoms with Gasteiger partial charge in [0.1, 0.15) is 11.3 Å². The molecule has 1 N–H and O–H groups in total. The van der Waals surface area contributed by atoms with Crippen molar-refractivity contribution >= 4 is 11.9 Å². The highest BCUT2D eigenvalue weighted by Gasteiger charge is 2.22. The van der Waals surface area contributed by atoms with E-state index in [-0.39, 0.29) is 11.1 Å². The van der Waals surface area contributed by atoms with E-state index in [0.717, 1.165) is 26.6 Å². The lowest BCUT2D eigenvalue weighted by molar-refractivity contribution is 0.0551. The second kappa shape index (κ2) is 4.41. The first-order chi connectivity index (χ1) is 7.11. The monoisotopic (exact) mass is 211 g/mol. The Balaban J connectivity index is 3.32. The normalized spacial score (nSPS) is 9.47. The Morgan fingerprint density at radius 2 is 1.80 bits per heavy atom. The van der Waals surface area contributed by atoms with Crippen molar-refractivity contribution in [3.05, 3.63) is 23.5 Å². The molecule has 6 heteroatoms. The van der Waals surface area contributed by atoms with Gasteiger partial charge in [0.2, 0.25) is 0 Å². The highest BCUT2D eigenvalue weighted by molar-refractivity contribution is 6.04. The largest absolute Gasteiger partial charge is 0.505 e. The summed E-state index contributed by atoms with van der Waals surface area (Å²) in [7, 11) is 2.30. The van der Waals surface area contributed by atoms with Crippen LogP contribution >= 0.6 is 0 Å². The summed E-state index contributed by atoms with van der Waals surface area (Å²) in [5.74, 6) is -2.01. The fourth-order valence-electron chi connectivity index (χ4n) is 1.03. The van der Waals surface area contributed by atoms with Crippen LogP contribution in [0, 0.1) is 0 Å². The van der Waals surface area contributed by atoms with Crippen LogP contribution in [0.25, 0.3) is 0 Å². The van der Waals surface area contributed by atoms with E-state index in [9.17, 15) is 14.7 Å². The molecule has 0 aromatic carbocycles. The van der Waals surface area contributed by atoms with Crippen molar-refractivity contribution in [1.82, 2.24) is 4.98 Å². The molecule has 80 valence electrons. The number of pyridine rings is 1. The molecule has 0 bridgehead atoms. The molecule has 0 fully saturated rings. The van der Waals surface area contributed by atoms with Crippen LogP contribution < -0.4 is 0 Å². The first kappa shape index (κ1) is 11.0. The number of carbonyl (C=O) groups is 2. The minimum Gasteiger partial charge on any atom is -0.505 e. The van der Waals surface area contributed by atoms with E-state index in [1.54, 1.807) is 0 Å². The van der Waals surface area contributed by atoms with Gasteiger partial charge in [-0.3, -0.25) is 4.98 Å². The molecule has 0 aliphatic rings. The third kappa shape index (κ3) is 2.04. The van der Waals surface area contributed by atoms with Crippen molar-refractivity contribution in [2.45, 2.75) is 0 Å². The summed E-state index contributed by atoms with van der Waals surface area (Å²) < 4.78 is 8.85. The van der Waals surface area contributed by atoms with Gasteiger partial charge in [-0.25, -0.2) is 9.59 Å². The van der Waals surface area contributed by atoms with Gasteiger partial charge in [0.15, 0.2) is 0 Å². The minimum atomic E-state index is -0.824. The molecule has 0 radical (unpaired) electrons. The van der Waals surface area contributed by atoms with E-state index in [2.05, 4.69) is 14.5 Å². The van der Waals surface area contributed by atoms with E-state index < -0.39 is 17.7 Å². The zero-order valence-corrected chi connectivity index (χ0v) is 8.18. The number of carbonyl (C=O) groups excluding carboxylic acids is 2. The second-order valence-corrected chi connectivity index (χ2v) is 2.56. The minimum absolute atomic E-state index is 0.135. The van der Waals surface area contributed by atoms with Crippen molar-refractivity contribution in [3.8, 4) is 5.75 Å². The lowest BCUT2D eigenvalue weighted by Crippen LogP contribution is -2.12. The van der Waals surface area contributed by atoms with Gasteiger partial charge in [0.25, 0.3) is 0 Å². The molecule has 0 spiro atoms. The summed E-state index contributed by atoms with van der Waals surface area (Å²) in [5.41, 5.74) is -0.385. The van der Waals surface area contributed by atoms with Gasteiger partial charge >= 0.3 is 11.9 Å². The fourth-order valence-corrected chi connectivity index (χ4v) is 1.03. The number of rotatable bonds is 2. The van der Waals surface area contributed by atoms with Gasteiger partial charge in [-0.05, 0) is 0 Å². The molecule has 0 saturated carbocycles. The smallest absolute Gasteiger partial charge is 0.342 e. The topological polar surface area (TPSA) is 85.7 Å². The van der Waals surface area contributed by atoms with E-state index in [1.807, 2.05) is 0 Å². The molecule has 1 heterocycles. The molecular weight excluding hydrogens is 202 g/mol. The maximum Gasteiger partial charge on any atom is 0.342 e. The molecule has 6 nitrogen and oxygen atoms in total. The molecule has 0 atom stereocenters. The lowest BCUT2D eigenvalue weighted by atomic mass is 10.1. The maximum atomic E-state index is 11.3. The standard InChI is InChI=1S/C9H9NO5/c1-14-8(12)5-3-10-4-6(11)7(5)9(13)15-2/h3-4,11H,1-2H3. The predicted molar refractivity (Wildman–Crippen MR) is 48.6 cm³/mol. The van der Waals surface area contributed by atoms with Gasteiger partial charge in [0.05, 0.1) is 26.0 Å². The molecule has 15 heavy (non-hydrogen) atoms. The Hall–Kier alpha value is -2.11.